The molecule has 4 saturated heterocycles. The van der Waals surface area contributed by atoms with Crippen LogP contribution in [-0.2, 0) is 9.47 Å². The van der Waals surface area contributed by atoms with Crippen LogP contribution in [0.3, 0.4) is 0 Å². The maximum atomic E-state index is 17.5. The van der Waals surface area contributed by atoms with Gasteiger partial charge in [-0.25, -0.2) is 9.18 Å². The van der Waals surface area contributed by atoms with Gasteiger partial charge in [0.25, 0.3) is 0 Å². The van der Waals surface area contributed by atoms with Gasteiger partial charge in [0.1, 0.15) is 35.0 Å². The zero-order chi connectivity index (χ0) is 38.8. The molecule has 11 nitrogen and oxygen atoms in total. The van der Waals surface area contributed by atoms with Gasteiger partial charge in [-0.2, -0.15) is 9.97 Å². The minimum absolute atomic E-state index is 0.0164. The molecular weight excluding hydrogens is 700 g/mol. The van der Waals surface area contributed by atoms with E-state index >= 15 is 4.39 Å². The average molecular weight is 751 g/mol. The number of methoxy groups -OCH3 is 1. The molecule has 8 rings (SSSR count). The summed E-state index contributed by atoms with van der Waals surface area (Å²) in [4.78, 5) is 34.7. The van der Waals surface area contributed by atoms with E-state index in [0.717, 1.165) is 44.2 Å². The van der Waals surface area contributed by atoms with E-state index in [1.54, 1.807) is 19.4 Å². The highest BCUT2D eigenvalue weighted by Gasteiger charge is 2.51. The molecule has 0 radical (unpaired) electrons. The third kappa shape index (κ3) is 6.69. The second kappa shape index (κ2) is 14.1. The van der Waals surface area contributed by atoms with Gasteiger partial charge in [-0.05, 0) is 88.8 Å². The molecule has 290 valence electrons. The molecule has 4 fully saturated rings. The van der Waals surface area contributed by atoms with Gasteiger partial charge >= 0.3 is 12.1 Å². The first-order valence-electron chi connectivity index (χ1n) is 19.5. The van der Waals surface area contributed by atoms with Crippen LogP contribution >= 0.6 is 0 Å². The predicted octanol–water partition coefficient (Wildman–Crippen LogP) is 7.42. The first kappa shape index (κ1) is 37.2. The normalized spacial score (nSPS) is 26.4. The number of carbonyl (C=O) groups excluding carboxylic acids is 1. The molecule has 12 heteroatoms. The van der Waals surface area contributed by atoms with E-state index in [4.69, 9.17) is 40.3 Å². The van der Waals surface area contributed by atoms with E-state index in [-0.39, 0.29) is 53.8 Å². The number of anilines is 1. The monoisotopic (exact) mass is 750 g/mol. The van der Waals surface area contributed by atoms with Gasteiger partial charge in [-0.15, -0.1) is 6.42 Å². The summed E-state index contributed by atoms with van der Waals surface area (Å²) in [5.41, 5.74) is 0.539. The Balaban J connectivity index is 1.25. The number of hydrogen-bond donors (Lipinski definition) is 0. The van der Waals surface area contributed by atoms with Crippen molar-refractivity contribution >= 4 is 33.6 Å². The third-order valence-electron chi connectivity index (χ3n) is 11.9. The molecule has 1 amide bonds. The number of halogens is 1. The van der Waals surface area contributed by atoms with E-state index in [1.807, 2.05) is 49.9 Å². The summed E-state index contributed by atoms with van der Waals surface area (Å²) >= 11 is 0. The van der Waals surface area contributed by atoms with Crippen molar-refractivity contribution in [2.75, 3.05) is 45.0 Å². The molecule has 4 aromatic rings. The fourth-order valence-corrected chi connectivity index (χ4v) is 9.85. The number of rotatable bonds is 8. The number of ether oxygens (including phenoxy) is 4. The van der Waals surface area contributed by atoms with Crippen molar-refractivity contribution in [1.29, 1.82) is 0 Å². The molecule has 2 bridgehead atoms. The summed E-state index contributed by atoms with van der Waals surface area (Å²) in [6.45, 7) is 15.3. The number of benzene rings is 2. The van der Waals surface area contributed by atoms with E-state index in [1.165, 1.54) is 0 Å². The Morgan fingerprint density at radius 2 is 1.82 bits per heavy atom. The van der Waals surface area contributed by atoms with Crippen LogP contribution in [0.5, 0.6) is 11.8 Å². The van der Waals surface area contributed by atoms with Crippen LogP contribution in [0.1, 0.15) is 72.8 Å². The van der Waals surface area contributed by atoms with Crippen molar-refractivity contribution in [3.8, 4) is 35.4 Å². The van der Waals surface area contributed by atoms with E-state index in [0.29, 0.717) is 58.5 Å². The maximum Gasteiger partial charge on any atom is 0.410 e. The smallest absolute Gasteiger partial charge is 0.410 e. The molecule has 2 unspecified atom stereocenters. The van der Waals surface area contributed by atoms with Gasteiger partial charge in [0, 0.05) is 55.5 Å². The quantitative estimate of drug-likeness (QED) is 0.134. The Morgan fingerprint density at radius 3 is 2.53 bits per heavy atom. The number of terminal acetylenes is 1. The molecule has 5 atom stereocenters. The summed E-state index contributed by atoms with van der Waals surface area (Å²) in [6, 6.07) is 8.95. The molecule has 0 saturated carbocycles. The molecular formula is C43H51FN6O5. The largest absolute Gasteiger partial charge is 0.468 e. The van der Waals surface area contributed by atoms with Gasteiger partial charge in [0.05, 0.1) is 23.0 Å². The maximum absolute atomic E-state index is 17.5. The van der Waals surface area contributed by atoms with Crippen molar-refractivity contribution < 1.29 is 28.1 Å². The van der Waals surface area contributed by atoms with E-state index < -0.39 is 11.4 Å². The van der Waals surface area contributed by atoms with E-state index in [9.17, 15) is 4.79 Å². The molecule has 0 spiro atoms. The van der Waals surface area contributed by atoms with Crippen LogP contribution in [0.15, 0.2) is 36.5 Å². The first-order chi connectivity index (χ1) is 26.3. The predicted molar refractivity (Wildman–Crippen MR) is 210 cm³/mol. The Labute approximate surface area is 322 Å². The molecule has 55 heavy (non-hydrogen) atoms. The molecule has 4 aliphatic rings. The second-order valence-corrected chi connectivity index (χ2v) is 17.2. The molecule has 4 aliphatic heterocycles. The van der Waals surface area contributed by atoms with Crippen molar-refractivity contribution in [2.24, 2.45) is 11.8 Å². The van der Waals surface area contributed by atoms with Gasteiger partial charge in [-0.1, -0.05) is 31.9 Å². The van der Waals surface area contributed by atoms with Crippen LogP contribution in [-0.4, -0.2) is 100 Å². The number of piperazine rings is 1. The molecule has 6 heterocycles. The minimum atomic E-state index is -0.616. The lowest BCUT2D eigenvalue weighted by molar-refractivity contribution is 0.00832. The van der Waals surface area contributed by atoms with Crippen LogP contribution in [0.2, 0.25) is 0 Å². The first-order valence-corrected chi connectivity index (χ1v) is 19.5. The fourth-order valence-electron chi connectivity index (χ4n) is 9.85. The highest BCUT2D eigenvalue weighted by Crippen LogP contribution is 2.45. The Bertz CT molecular complexity index is 2170. The highest BCUT2D eigenvalue weighted by atomic mass is 19.1. The molecule has 0 aliphatic carbocycles. The lowest BCUT2D eigenvalue weighted by Crippen LogP contribution is -2.61. The minimum Gasteiger partial charge on any atom is -0.468 e. The standard InChI is InChI=1S/C43H51FN6O5/c1-9-28-11-10-12-29-15-31(54-24-52-8)16-32(35(28)29)37-36(44)38-33(19-45-37)39(47-40(46-38)53-23-43-17-25(2)20-48(43)21-26(3)18-43)49-22-30-13-14-34(27(49)4)50(30)41(51)55-42(5,6)7/h1,10-12,15-16,19,25-27,30,34H,13-14,17-18,20-24H2,2-8H3/t25?,26?,27-,30+,34-,43?/m1/s1. The number of fused-ring (bicyclic) bond motifs is 5. The van der Waals surface area contributed by atoms with Crippen molar-refractivity contribution in [3.05, 3.63) is 47.9 Å². The third-order valence-corrected chi connectivity index (χ3v) is 11.9. The Hall–Kier alpha value is -4.73. The topological polar surface area (TPSA) is 102 Å². The van der Waals surface area contributed by atoms with Crippen molar-refractivity contribution in [1.82, 2.24) is 24.8 Å². The van der Waals surface area contributed by atoms with Crippen molar-refractivity contribution in [3.63, 3.8) is 0 Å². The van der Waals surface area contributed by atoms with E-state index in [2.05, 4.69) is 36.5 Å². The number of aromatic nitrogens is 3. The van der Waals surface area contributed by atoms with Crippen LogP contribution in [0.25, 0.3) is 32.9 Å². The van der Waals surface area contributed by atoms with Crippen LogP contribution in [0.4, 0.5) is 15.0 Å². The van der Waals surface area contributed by atoms with Crippen LogP contribution < -0.4 is 14.4 Å². The van der Waals surface area contributed by atoms with Crippen molar-refractivity contribution in [2.45, 2.75) is 96.5 Å². The number of nitrogens with zero attached hydrogens (tertiary/aromatic N) is 6. The fraction of sp³-hybridized carbons (Fsp3) is 0.535. The number of hydrogen-bond acceptors (Lipinski definition) is 10. The van der Waals surface area contributed by atoms with Gasteiger partial charge in [-0.3, -0.25) is 14.8 Å². The van der Waals surface area contributed by atoms with Gasteiger partial charge in [0.15, 0.2) is 12.6 Å². The lowest BCUT2D eigenvalue weighted by Gasteiger charge is -2.46. The molecule has 2 aromatic heterocycles. The lowest BCUT2D eigenvalue weighted by atomic mass is 9.89. The molecule has 2 aromatic carbocycles. The Kier molecular flexibility index (Phi) is 9.53. The average Bonchev–Trinajstić information content (AvgIpc) is 3.75. The summed E-state index contributed by atoms with van der Waals surface area (Å²) in [5, 5.41) is 1.92. The molecule has 0 N–H and O–H groups in total. The SMILES string of the molecule is C#Cc1cccc2cc(OCOC)cc(-c3ncc4c(N5C[C@@H]6CC[C@H]([C@H]5C)N6C(=O)OC(C)(C)C)nc(OCC56CC(C)CN5CC(C)C6)nc4c3F)c12. The summed E-state index contributed by atoms with van der Waals surface area (Å²) in [6.07, 6.45) is 11.0. The number of amides is 1. The van der Waals surface area contributed by atoms with Gasteiger partial charge < -0.3 is 23.8 Å². The van der Waals surface area contributed by atoms with Crippen LogP contribution in [0, 0.1) is 30.0 Å². The number of carbonyl (C=O) groups is 1. The highest BCUT2D eigenvalue weighted by molar-refractivity contribution is 6.03. The second-order valence-electron chi connectivity index (χ2n) is 17.2. The summed E-state index contributed by atoms with van der Waals surface area (Å²) < 4.78 is 40.9. The number of pyridine rings is 1. The summed E-state index contributed by atoms with van der Waals surface area (Å²) in [7, 11) is 1.54. The van der Waals surface area contributed by atoms with Gasteiger partial charge in [0.2, 0.25) is 0 Å². The zero-order valence-corrected chi connectivity index (χ0v) is 32.9. The Morgan fingerprint density at radius 1 is 1.05 bits per heavy atom. The zero-order valence-electron chi connectivity index (χ0n) is 32.9. The summed E-state index contributed by atoms with van der Waals surface area (Å²) in [5.74, 6) is 4.28.